The van der Waals surface area contributed by atoms with Gasteiger partial charge >= 0.3 is 0 Å². The normalized spacial score (nSPS) is 17.8. The van der Waals surface area contributed by atoms with Crippen LogP contribution in [-0.2, 0) is 23.3 Å². The number of hydrogen-bond donors (Lipinski definition) is 6. The van der Waals surface area contributed by atoms with E-state index in [0.717, 1.165) is 72.1 Å². The quantitative estimate of drug-likeness (QED) is 0.110. The summed E-state index contributed by atoms with van der Waals surface area (Å²) in [5, 5.41) is 52.9. The lowest BCUT2D eigenvalue weighted by Crippen LogP contribution is -2.49. The minimum absolute atomic E-state index is 0.180. The molecule has 5 rings (SSSR count). The molecule has 10 nitrogen and oxygen atoms in total. The van der Waals surface area contributed by atoms with Crippen molar-refractivity contribution < 1.29 is 35.1 Å². The van der Waals surface area contributed by atoms with Crippen LogP contribution in [0.2, 0.25) is 5.02 Å². The SMILES string of the molecule is Cc1cc(CNC2(c3cnccc3-c3ccccc3OC3CC3)CC2)c(Cl)cc1CCCCC(=O)N(C)CC(O)C(O)C(O)C(O)CO. The Labute approximate surface area is 287 Å². The van der Waals surface area contributed by atoms with Crippen molar-refractivity contribution in [1.82, 2.24) is 15.2 Å². The molecule has 0 radical (unpaired) electrons. The fourth-order valence-electron chi connectivity index (χ4n) is 6.12. The summed E-state index contributed by atoms with van der Waals surface area (Å²) in [7, 11) is 1.51. The standard InChI is InChI=1S/C37H48ClN3O7/c1-23-17-25(30(38)18-24(23)7-3-6-10-34(45)41(2)21-31(43)35(46)36(47)32(44)22-42)19-40-37(14-15-37)29-20-39-16-13-27(29)28-8-4-5-9-33(28)48-26-11-12-26/h4-5,8-9,13,16-18,20,26,31-32,35-36,40,42-44,46-47H,3,6-7,10-12,14-15,19,21-22H2,1-2H3. The summed E-state index contributed by atoms with van der Waals surface area (Å²) in [5.74, 6) is 0.708. The Morgan fingerprint density at radius 2 is 1.77 bits per heavy atom. The van der Waals surface area contributed by atoms with E-state index in [0.29, 0.717) is 24.1 Å². The van der Waals surface area contributed by atoms with E-state index in [1.165, 1.54) is 17.5 Å². The highest BCUT2D eigenvalue weighted by Gasteiger charge is 2.46. The number of unbranched alkanes of at least 4 members (excludes halogenated alkanes) is 1. The van der Waals surface area contributed by atoms with Gasteiger partial charge in [0.2, 0.25) is 5.91 Å². The number of nitrogens with zero attached hydrogens (tertiary/aromatic N) is 2. The molecule has 3 aromatic rings. The molecule has 0 bridgehead atoms. The highest BCUT2D eigenvalue weighted by Crippen LogP contribution is 2.50. The zero-order chi connectivity index (χ0) is 34.4. The van der Waals surface area contributed by atoms with Gasteiger partial charge in [-0.25, -0.2) is 0 Å². The number of likely N-dealkylation sites (N-methyl/N-ethyl adjacent to an activating group) is 1. The molecule has 48 heavy (non-hydrogen) atoms. The van der Waals surface area contributed by atoms with Crippen LogP contribution in [0.1, 0.15) is 67.2 Å². The molecule has 0 saturated heterocycles. The predicted octanol–water partition coefficient (Wildman–Crippen LogP) is 3.64. The summed E-state index contributed by atoms with van der Waals surface area (Å²) in [6, 6.07) is 14.5. The summed E-state index contributed by atoms with van der Waals surface area (Å²) in [6.45, 7) is 1.72. The maximum atomic E-state index is 12.6. The van der Waals surface area contributed by atoms with E-state index in [1.54, 1.807) is 0 Å². The van der Waals surface area contributed by atoms with Crippen LogP contribution in [0.3, 0.4) is 0 Å². The molecule has 1 aromatic heterocycles. The Morgan fingerprint density at radius 1 is 1.04 bits per heavy atom. The van der Waals surface area contributed by atoms with E-state index in [4.69, 9.17) is 21.4 Å². The van der Waals surface area contributed by atoms with Gasteiger partial charge in [0.05, 0.1) is 12.7 Å². The number of aliphatic hydroxyl groups excluding tert-OH is 5. The highest BCUT2D eigenvalue weighted by atomic mass is 35.5. The molecule has 4 unspecified atom stereocenters. The van der Waals surface area contributed by atoms with E-state index in [1.807, 2.05) is 36.7 Å². The van der Waals surface area contributed by atoms with Crippen molar-refractivity contribution in [3.05, 3.63) is 82.1 Å². The van der Waals surface area contributed by atoms with Gasteiger partial charge in [-0.1, -0.05) is 35.9 Å². The first-order valence-electron chi connectivity index (χ1n) is 16.8. The summed E-state index contributed by atoms with van der Waals surface area (Å²) in [4.78, 5) is 18.4. The number of nitrogens with one attached hydrogen (secondary N) is 1. The van der Waals surface area contributed by atoms with Crippen LogP contribution >= 0.6 is 11.6 Å². The zero-order valence-electron chi connectivity index (χ0n) is 27.7. The third kappa shape index (κ3) is 8.92. The summed E-state index contributed by atoms with van der Waals surface area (Å²) < 4.78 is 6.25. The van der Waals surface area contributed by atoms with Crippen molar-refractivity contribution in [1.29, 1.82) is 0 Å². The second kappa shape index (κ2) is 16.1. The fourth-order valence-corrected chi connectivity index (χ4v) is 6.38. The Balaban J connectivity index is 1.13. The van der Waals surface area contributed by atoms with Crippen LogP contribution in [0.25, 0.3) is 11.1 Å². The molecule has 6 N–H and O–H groups in total. The number of rotatable bonds is 18. The van der Waals surface area contributed by atoms with Crippen LogP contribution in [-0.4, -0.2) is 92.0 Å². The molecule has 2 aliphatic carbocycles. The number of aryl methyl sites for hydroxylation is 2. The smallest absolute Gasteiger partial charge is 0.222 e. The molecular weight excluding hydrogens is 634 g/mol. The summed E-state index contributed by atoms with van der Waals surface area (Å²) in [5.41, 5.74) is 6.51. The number of pyridine rings is 1. The van der Waals surface area contributed by atoms with Crippen LogP contribution in [0.15, 0.2) is 54.9 Å². The van der Waals surface area contributed by atoms with Gasteiger partial charge in [0.15, 0.2) is 0 Å². The lowest BCUT2D eigenvalue weighted by atomic mass is 9.94. The van der Waals surface area contributed by atoms with Crippen molar-refractivity contribution in [3.8, 4) is 16.9 Å². The van der Waals surface area contributed by atoms with Gasteiger partial charge in [-0.15, -0.1) is 0 Å². The lowest BCUT2D eigenvalue weighted by Gasteiger charge is -2.28. The van der Waals surface area contributed by atoms with Crippen LogP contribution in [0.4, 0.5) is 0 Å². The molecule has 0 aliphatic heterocycles. The van der Waals surface area contributed by atoms with Gasteiger partial charge in [-0.3, -0.25) is 9.78 Å². The van der Waals surface area contributed by atoms with Gasteiger partial charge in [0, 0.05) is 55.1 Å². The average Bonchev–Trinajstić information content (AvgIpc) is 4.04. The average molecular weight is 682 g/mol. The first kappa shape index (κ1) is 36.2. The predicted molar refractivity (Wildman–Crippen MR) is 184 cm³/mol. The highest BCUT2D eigenvalue weighted by molar-refractivity contribution is 6.31. The molecule has 2 fully saturated rings. The molecule has 2 aromatic carbocycles. The van der Waals surface area contributed by atoms with E-state index in [9.17, 15) is 25.2 Å². The molecule has 11 heteroatoms. The maximum Gasteiger partial charge on any atom is 0.222 e. The number of aliphatic hydroxyl groups is 5. The number of aromatic nitrogens is 1. The molecule has 260 valence electrons. The molecule has 0 spiro atoms. The Kier molecular flexibility index (Phi) is 12.1. The number of para-hydroxylation sites is 1. The van der Waals surface area contributed by atoms with Crippen molar-refractivity contribution in [2.75, 3.05) is 20.2 Å². The van der Waals surface area contributed by atoms with Gasteiger partial charge in [-0.2, -0.15) is 0 Å². The number of halogens is 1. The second-order valence-electron chi connectivity index (χ2n) is 13.3. The zero-order valence-corrected chi connectivity index (χ0v) is 28.4. The molecular formula is C37H48ClN3O7. The molecule has 2 saturated carbocycles. The van der Waals surface area contributed by atoms with E-state index >= 15 is 0 Å². The van der Waals surface area contributed by atoms with Gasteiger partial charge < -0.3 is 40.5 Å². The van der Waals surface area contributed by atoms with Crippen LogP contribution in [0.5, 0.6) is 5.75 Å². The second-order valence-corrected chi connectivity index (χ2v) is 13.7. The van der Waals surface area contributed by atoms with Crippen LogP contribution < -0.4 is 10.1 Å². The maximum absolute atomic E-state index is 12.6. The Bertz CT molecular complexity index is 1550. The topological polar surface area (TPSA) is 156 Å². The molecule has 1 amide bonds. The van der Waals surface area contributed by atoms with E-state index in [2.05, 4.69) is 35.4 Å². The number of hydrogen-bond acceptors (Lipinski definition) is 9. The Hall–Kier alpha value is -3.09. The molecule has 1 heterocycles. The lowest BCUT2D eigenvalue weighted by molar-refractivity contribution is -0.138. The van der Waals surface area contributed by atoms with Gasteiger partial charge in [0.25, 0.3) is 0 Å². The number of carbonyl (C=O) groups is 1. The summed E-state index contributed by atoms with van der Waals surface area (Å²) in [6.07, 6.45) is 4.25. The largest absolute Gasteiger partial charge is 0.490 e. The fraction of sp³-hybridized carbons (Fsp3) is 0.514. The van der Waals surface area contributed by atoms with Crippen molar-refractivity contribution in [3.63, 3.8) is 0 Å². The Morgan fingerprint density at radius 3 is 2.48 bits per heavy atom. The van der Waals surface area contributed by atoms with Crippen molar-refractivity contribution in [2.45, 2.75) is 101 Å². The number of ether oxygens (including phenoxy) is 1. The van der Waals surface area contributed by atoms with Gasteiger partial charge in [-0.05, 0) is 97.9 Å². The minimum atomic E-state index is -1.73. The molecule has 2 aliphatic rings. The third-order valence-corrected chi connectivity index (χ3v) is 9.85. The van der Waals surface area contributed by atoms with Crippen molar-refractivity contribution in [2.24, 2.45) is 0 Å². The van der Waals surface area contributed by atoms with Crippen molar-refractivity contribution >= 4 is 17.5 Å². The first-order valence-corrected chi connectivity index (χ1v) is 17.2. The molecule has 4 atom stereocenters. The van der Waals surface area contributed by atoms with E-state index in [-0.39, 0.29) is 24.4 Å². The first-order chi connectivity index (χ1) is 23.0. The van der Waals surface area contributed by atoms with Gasteiger partial charge in [0.1, 0.15) is 30.2 Å². The van der Waals surface area contributed by atoms with Crippen LogP contribution in [0, 0.1) is 6.92 Å². The summed E-state index contributed by atoms with van der Waals surface area (Å²) >= 11 is 6.81. The van der Waals surface area contributed by atoms with E-state index < -0.39 is 31.0 Å². The number of carbonyl (C=O) groups excluding carboxylic acids is 1. The number of benzene rings is 2. The third-order valence-electron chi connectivity index (χ3n) is 9.50. The minimum Gasteiger partial charge on any atom is -0.490 e. The number of amides is 1. The monoisotopic (exact) mass is 681 g/mol.